The number of benzene rings is 1. The van der Waals surface area contributed by atoms with Crippen LogP contribution in [0.3, 0.4) is 0 Å². The number of hydrogen-bond acceptors (Lipinski definition) is 3. The van der Waals surface area contributed by atoms with Crippen molar-refractivity contribution in [1.29, 1.82) is 0 Å². The van der Waals surface area contributed by atoms with Crippen molar-refractivity contribution in [3.05, 3.63) is 23.8 Å². The number of rotatable bonds is 5. The van der Waals surface area contributed by atoms with Crippen molar-refractivity contribution in [2.24, 2.45) is 5.92 Å². The Morgan fingerprint density at radius 2 is 2.00 bits per heavy atom. The van der Waals surface area contributed by atoms with Crippen LogP contribution in [0.4, 0.5) is 0 Å². The molecule has 0 bridgehead atoms. The second-order valence-electron chi connectivity index (χ2n) is 4.13. The Balaban J connectivity index is 2.93. The summed E-state index contributed by atoms with van der Waals surface area (Å²) in [6, 6.07) is 5.22. The van der Waals surface area contributed by atoms with Crippen molar-refractivity contribution in [3.8, 4) is 11.5 Å². The Bertz CT molecular complexity index is 369. The van der Waals surface area contributed by atoms with Crippen LogP contribution in [0, 0.1) is 5.92 Å². The topological polar surface area (TPSA) is 35.5 Å². The first-order chi connectivity index (χ1) is 7.54. The molecule has 0 fully saturated rings. The van der Waals surface area contributed by atoms with Crippen LogP contribution in [0.15, 0.2) is 18.2 Å². The highest BCUT2D eigenvalue weighted by Gasteiger charge is 2.08. The zero-order chi connectivity index (χ0) is 12.1. The van der Waals surface area contributed by atoms with Crippen LogP contribution in [0.25, 0.3) is 0 Å². The number of ether oxygens (including phenoxy) is 2. The maximum absolute atomic E-state index is 11.2. The highest BCUT2D eigenvalue weighted by atomic mass is 16.5. The molecule has 3 heteroatoms. The number of carbonyl (C=O) groups is 1. The maximum atomic E-state index is 11.2. The third kappa shape index (κ3) is 3.26. The standard InChI is InChI=1S/C13H18O3/c1-9(2)8-16-13-7-11(10(3)14)5-6-12(13)15-4/h5-7,9H,8H2,1-4H3. The van der Waals surface area contributed by atoms with Gasteiger partial charge in [-0.1, -0.05) is 13.8 Å². The first-order valence-electron chi connectivity index (χ1n) is 5.36. The molecule has 1 aromatic rings. The lowest BCUT2D eigenvalue weighted by Crippen LogP contribution is -2.06. The summed E-state index contributed by atoms with van der Waals surface area (Å²) >= 11 is 0. The number of ketones is 1. The summed E-state index contributed by atoms with van der Waals surface area (Å²) in [5, 5.41) is 0. The van der Waals surface area contributed by atoms with E-state index in [0.29, 0.717) is 29.6 Å². The first-order valence-corrected chi connectivity index (χ1v) is 5.36. The summed E-state index contributed by atoms with van der Waals surface area (Å²) in [6.07, 6.45) is 0. The van der Waals surface area contributed by atoms with E-state index in [9.17, 15) is 4.79 Å². The summed E-state index contributed by atoms with van der Waals surface area (Å²) < 4.78 is 10.8. The molecule has 3 nitrogen and oxygen atoms in total. The summed E-state index contributed by atoms with van der Waals surface area (Å²) in [7, 11) is 1.59. The maximum Gasteiger partial charge on any atom is 0.161 e. The molecule has 1 rings (SSSR count). The summed E-state index contributed by atoms with van der Waals surface area (Å²) in [5.41, 5.74) is 0.638. The minimum absolute atomic E-state index is 0.0250. The average molecular weight is 222 g/mol. The fourth-order valence-electron chi connectivity index (χ4n) is 1.26. The van der Waals surface area contributed by atoms with Crippen LogP contribution in [0.1, 0.15) is 31.1 Å². The quantitative estimate of drug-likeness (QED) is 0.718. The molecule has 0 saturated carbocycles. The zero-order valence-electron chi connectivity index (χ0n) is 10.2. The monoisotopic (exact) mass is 222 g/mol. The van der Waals surface area contributed by atoms with Gasteiger partial charge in [0.25, 0.3) is 0 Å². The predicted molar refractivity (Wildman–Crippen MR) is 63.3 cm³/mol. The lowest BCUT2D eigenvalue weighted by Gasteiger charge is -2.13. The fraction of sp³-hybridized carbons (Fsp3) is 0.462. The normalized spacial score (nSPS) is 10.3. The molecule has 0 spiro atoms. The molecule has 0 aliphatic heterocycles. The summed E-state index contributed by atoms with van der Waals surface area (Å²) in [5.74, 6) is 1.75. The highest BCUT2D eigenvalue weighted by Crippen LogP contribution is 2.28. The van der Waals surface area contributed by atoms with Crippen LogP contribution >= 0.6 is 0 Å². The second kappa shape index (κ2) is 5.54. The van der Waals surface area contributed by atoms with Gasteiger partial charge in [-0.25, -0.2) is 0 Å². The molecule has 0 saturated heterocycles. The smallest absolute Gasteiger partial charge is 0.161 e. The third-order valence-electron chi connectivity index (χ3n) is 2.14. The molecule has 0 radical (unpaired) electrons. The summed E-state index contributed by atoms with van der Waals surface area (Å²) in [6.45, 7) is 6.29. The zero-order valence-corrected chi connectivity index (χ0v) is 10.2. The number of carbonyl (C=O) groups excluding carboxylic acids is 1. The Morgan fingerprint density at radius 1 is 1.31 bits per heavy atom. The van der Waals surface area contributed by atoms with Crippen molar-refractivity contribution in [2.45, 2.75) is 20.8 Å². The minimum Gasteiger partial charge on any atom is -0.493 e. The first kappa shape index (κ1) is 12.6. The van der Waals surface area contributed by atoms with Gasteiger partial charge in [-0.3, -0.25) is 4.79 Å². The van der Waals surface area contributed by atoms with Crippen molar-refractivity contribution >= 4 is 5.78 Å². The van der Waals surface area contributed by atoms with E-state index in [1.54, 1.807) is 25.3 Å². The van der Waals surface area contributed by atoms with Crippen molar-refractivity contribution in [1.82, 2.24) is 0 Å². The van der Waals surface area contributed by atoms with Crippen LogP contribution in [0.5, 0.6) is 11.5 Å². The van der Waals surface area contributed by atoms with Crippen LogP contribution in [-0.4, -0.2) is 19.5 Å². The van der Waals surface area contributed by atoms with E-state index in [4.69, 9.17) is 9.47 Å². The predicted octanol–water partition coefficient (Wildman–Crippen LogP) is 2.93. The number of methoxy groups -OCH3 is 1. The van der Waals surface area contributed by atoms with Gasteiger partial charge in [-0.2, -0.15) is 0 Å². The van der Waals surface area contributed by atoms with Crippen LogP contribution in [-0.2, 0) is 0 Å². The van der Waals surface area contributed by atoms with Crippen molar-refractivity contribution in [3.63, 3.8) is 0 Å². The van der Waals surface area contributed by atoms with Crippen LogP contribution < -0.4 is 9.47 Å². The lowest BCUT2D eigenvalue weighted by molar-refractivity contribution is 0.101. The van der Waals surface area contributed by atoms with Gasteiger partial charge >= 0.3 is 0 Å². The molecule has 0 atom stereocenters. The van der Waals surface area contributed by atoms with E-state index in [-0.39, 0.29) is 5.78 Å². The molecule has 0 N–H and O–H groups in total. The second-order valence-corrected chi connectivity index (χ2v) is 4.13. The van der Waals surface area contributed by atoms with E-state index < -0.39 is 0 Å². The van der Waals surface area contributed by atoms with E-state index >= 15 is 0 Å². The van der Waals surface area contributed by atoms with E-state index in [1.165, 1.54) is 6.92 Å². The molecule has 0 aliphatic rings. The average Bonchev–Trinajstić information content (AvgIpc) is 2.25. The van der Waals surface area contributed by atoms with Crippen molar-refractivity contribution in [2.75, 3.05) is 13.7 Å². The van der Waals surface area contributed by atoms with E-state index in [1.807, 2.05) is 0 Å². The van der Waals surface area contributed by atoms with Gasteiger partial charge in [0.05, 0.1) is 13.7 Å². The van der Waals surface area contributed by atoms with E-state index in [2.05, 4.69) is 13.8 Å². The van der Waals surface area contributed by atoms with Gasteiger partial charge in [-0.15, -0.1) is 0 Å². The number of hydrogen-bond donors (Lipinski definition) is 0. The number of Topliss-reactive ketones (excluding diaryl/α,β-unsaturated/α-hetero) is 1. The molecule has 0 unspecified atom stereocenters. The SMILES string of the molecule is COc1ccc(C(C)=O)cc1OCC(C)C. The lowest BCUT2D eigenvalue weighted by atomic mass is 10.1. The molecule has 0 heterocycles. The van der Waals surface area contributed by atoms with Gasteiger partial charge in [0.15, 0.2) is 17.3 Å². The molecule has 1 aromatic carbocycles. The molecule has 0 amide bonds. The van der Waals surface area contributed by atoms with Gasteiger partial charge in [0.2, 0.25) is 0 Å². The Labute approximate surface area is 96.4 Å². The van der Waals surface area contributed by atoms with Crippen molar-refractivity contribution < 1.29 is 14.3 Å². The Kier molecular flexibility index (Phi) is 4.35. The third-order valence-corrected chi connectivity index (χ3v) is 2.14. The molecular weight excluding hydrogens is 204 g/mol. The largest absolute Gasteiger partial charge is 0.493 e. The summed E-state index contributed by atoms with van der Waals surface area (Å²) in [4.78, 5) is 11.2. The van der Waals surface area contributed by atoms with Crippen LogP contribution in [0.2, 0.25) is 0 Å². The van der Waals surface area contributed by atoms with Gasteiger partial charge < -0.3 is 9.47 Å². The molecule has 0 aromatic heterocycles. The molecular formula is C13H18O3. The Morgan fingerprint density at radius 3 is 2.50 bits per heavy atom. The van der Waals surface area contributed by atoms with Gasteiger partial charge in [-0.05, 0) is 31.0 Å². The molecule has 0 aliphatic carbocycles. The molecule has 88 valence electrons. The van der Waals surface area contributed by atoms with E-state index in [0.717, 1.165) is 0 Å². The fourth-order valence-corrected chi connectivity index (χ4v) is 1.26. The minimum atomic E-state index is 0.0250. The van der Waals surface area contributed by atoms with Gasteiger partial charge in [0, 0.05) is 5.56 Å². The Hall–Kier alpha value is -1.51. The van der Waals surface area contributed by atoms with Gasteiger partial charge in [0.1, 0.15) is 0 Å². The highest BCUT2D eigenvalue weighted by molar-refractivity contribution is 5.94. The molecule has 16 heavy (non-hydrogen) atoms.